The van der Waals surface area contributed by atoms with Gasteiger partial charge in [0.2, 0.25) is 17.6 Å². The summed E-state index contributed by atoms with van der Waals surface area (Å²) < 4.78 is 27.8. The number of rotatable bonds is 13. The molecule has 0 aromatic carbocycles. The number of fused-ring (bicyclic) bond motifs is 1. The van der Waals surface area contributed by atoms with E-state index in [-0.39, 0.29) is 39.3 Å². The number of urea groups is 1. The fraction of sp³-hybridized carbons (Fsp3) is 0.735. The minimum atomic E-state index is -3.77. The van der Waals surface area contributed by atoms with E-state index >= 15 is 0 Å². The van der Waals surface area contributed by atoms with Crippen LogP contribution in [0.5, 0.6) is 0 Å². The van der Waals surface area contributed by atoms with Crippen LogP contribution in [0.25, 0.3) is 0 Å². The molecule has 5 N–H and O–H groups in total. The second-order valence-electron chi connectivity index (χ2n) is 16.9. The summed E-state index contributed by atoms with van der Waals surface area (Å²) in [7, 11) is -2.29. The molecule has 2 aliphatic carbocycles. The molecule has 3 aliphatic rings. The van der Waals surface area contributed by atoms with Crippen LogP contribution in [0, 0.1) is 34.0 Å². The van der Waals surface area contributed by atoms with E-state index in [4.69, 9.17) is 5.73 Å². The Hall–Kier alpha value is -3.04. The molecule has 3 fully saturated rings. The zero-order valence-corrected chi connectivity index (χ0v) is 31.8. The molecule has 2 heterocycles. The van der Waals surface area contributed by atoms with E-state index in [1.165, 1.54) is 22.3 Å². The molecule has 4 rings (SSSR count). The predicted molar refractivity (Wildman–Crippen MR) is 187 cm³/mol. The molecule has 15 heteroatoms. The zero-order valence-electron chi connectivity index (χ0n) is 30.2. The third-order valence-corrected chi connectivity index (χ3v) is 13.6. The Morgan fingerprint density at radius 1 is 1.06 bits per heavy atom. The fourth-order valence-corrected chi connectivity index (χ4v) is 9.84. The van der Waals surface area contributed by atoms with Gasteiger partial charge in [-0.1, -0.05) is 67.9 Å². The highest BCUT2D eigenvalue weighted by Crippen LogP contribution is 2.65. The molecule has 0 bridgehead atoms. The smallest absolute Gasteiger partial charge is 0.315 e. The Labute approximate surface area is 294 Å². The van der Waals surface area contributed by atoms with E-state index < -0.39 is 69.1 Å². The Balaban J connectivity index is 1.53. The Morgan fingerprint density at radius 3 is 2.18 bits per heavy atom. The molecule has 1 aromatic heterocycles. The fourth-order valence-electron chi connectivity index (χ4n) is 7.42. The van der Waals surface area contributed by atoms with Crippen LogP contribution in [0.1, 0.15) is 81.1 Å². The van der Waals surface area contributed by atoms with E-state index in [1.807, 2.05) is 55.4 Å². The Bertz CT molecular complexity index is 1540. The van der Waals surface area contributed by atoms with Gasteiger partial charge in [-0.05, 0) is 64.7 Å². The summed E-state index contributed by atoms with van der Waals surface area (Å²) in [5, 5.41) is 10.3. The molecule has 2 saturated carbocycles. The molecule has 5 amide bonds. The highest BCUT2D eigenvalue weighted by atomic mass is 32.2. The van der Waals surface area contributed by atoms with Crippen LogP contribution in [-0.4, -0.2) is 91.5 Å². The topological polar surface area (TPSA) is 188 Å². The van der Waals surface area contributed by atoms with E-state index in [9.17, 15) is 32.4 Å². The molecule has 13 nitrogen and oxygen atoms in total. The molecular formula is C34H54N6O7S2. The van der Waals surface area contributed by atoms with Crippen LogP contribution in [0.15, 0.2) is 21.7 Å². The maximum absolute atomic E-state index is 14.4. The number of carbonyl (C=O) groups excluding carboxylic acids is 5. The van der Waals surface area contributed by atoms with Crippen LogP contribution in [0.3, 0.4) is 0 Å². The quantitative estimate of drug-likeness (QED) is 0.225. The van der Waals surface area contributed by atoms with Gasteiger partial charge in [-0.25, -0.2) is 13.2 Å². The van der Waals surface area contributed by atoms with Crippen molar-refractivity contribution in [1.82, 2.24) is 25.2 Å². The number of hydrogen-bond donors (Lipinski definition) is 4. The van der Waals surface area contributed by atoms with Gasteiger partial charge in [0, 0.05) is 26.2 Å². The number of piperidine rings is 1. The van der Waals surface area contributed by atoms with Gasteiger partial charge >= 0.3 is 6.03 Å². The molecule has 1 unspecified atom stereocenters. The van der Waals surface area contributed by atoms with Crippen molar-refractivity contribution in [3.05, 3.63) is 17.5 Å². The van der Waals surface area contributed by atoms with Crippen LogP contribution in [-0.2, 0) is 29.2 Å². The molecule has 1 aliphatic heterocycles. The first kappa shape index (κ1) is 38.8. The van der Waals surface area contributed by atoms with Gasteiger partial charge < -0.3 is 26.6 Å². The number of Topliss-reactive ketones (excluding diaryl/α,β-unsaturated/α-hetero) is 1. The summed E-state index contributed by atoms with van der Waals surface area (Å²) in [6.07, 6.45) is 2.71. The predicted octanol–water partition coefficient (Wildman–Crippen LogP) is 2.71. The number of likely N-dealkylation sites (N-methyl/N-ethyl adjacent to an activating group) is 1. The SMILES string of the molecule is CN(C[C@H](CC(C)(C)C)NC(=O)N[C@H](C(=O)N1C[C@H]2[C@@H]([C@H]1C(=O)NC(C(=O)C(N)=O)C1CCC1)C2(C)C)C(C)(C)C)S(=O)(=O)c1cccs1. The minimum absolute atomic E-state index is 0.0120. The number of nitrogens with two attached hydrogens (primary N) is 1. The molecule has 49 heavy (non-hydrogen) atoms. The van der Waals surface area contributed by atoms with E-state index in [1.54, 1.807) is 11.4 Å². The van der Waals surface area contributed by atoms with Gasteiger partial charge in [0.25, 0.3) is 15.9 Å². The van der Waals surface area contributed by atoms with Crippen LogP contribution in [0.4, 0.5) is 4.79 Å². The largest absolute Gasteiger partial charge is 0.363 e. The maximum Gasteiger partial charge on any atom is 0.315 e. The normalized spacial score (nSPS) is 23.9. The number of amides is 5. The van der Waals surface area contributed by atoms with Crippen molar-refractivity contribution in [3.8, 4) is 0 Å². The molecule has 1 saturated heterocycles. The lowest BCUT2D eigenvalue weighted by atomic mass is 9.78. The summed E-state index contributed by atoms with van der Waals surface area (Å²) >= 11 is 1.12. The number of nitrogens with one attached hydrogen (secondary N) is 3. The van der Waals surface area contributed by atoms with Crippen molar-refractivity contribution in [1.29, 1.82) is 0 Å². The standard InChI is InChI=1S/C34H54N6O7S2/c1-32(2,3)16-20(17-39(9)49(46,47)22-14-11-15-48-22)36-31(45)38-27(33(4,5)6)30(44)40-18-21-23(34(21,7)8)25(40)29(43)37-24(19-12-10-13-19)26(41)28(35)42/h11,14-15,19-21,23-25,27H,10,12-13,16-18H2,1-9H3,(H2,35,42)(H,37,43)(H2,36,38,45)/t20-,21-,23-,24?,25-,27+/m0/s1. The van der Waals surface area contributed by atoms with Crippen LogP contribution in [0.2, 0.25) is 0 Å². The van der Waals surface area contributed by atoms with E-state index in [2.05, 4.69) is 16.0 Å². The number of hydrogen-bond acceptors (Lipinski definition) is 8. The molecular weight excluding hydrogens is 669 g/mol. The van der Waals surface area contributed by atoms with Crippen molar-refractivity contribution in [2.75, 3.05) is 20.1 Å². The van der Waals surface area contributed by atoms with Crippen molar-refractivity contribution in [2.45, 2.75) is 109 Å². The number of carbonyl (C=O) groups is 5. The highest BCUT2D eigenvalue weighted by molar-refractivity contribution is 7.91. The third-order valence-electron chi connectivity index (χ3n) is 10.4. The Morgan fingerprint density at radius 2 is 1.69 bits per heavy atom. The molecule has 6 atom stereocenters. The Kier molecular flexibility index (Phi) is 11.0. The van der Waals surface area contributed by atoms with E-state index in [0.29, 0.717) is 25.8 Å². The molecule has 0 spiro atoms. The van der Waals surface area contributed by atoms with Gasteiger partial charge in [-0.2, -0.15) is 4.31 Å². The van der Waals surface area contributed by atoms with Crippen molar-refractivity contribution in [2.24, 2.45) is 39.7 Å². The average molecular weight is 723 g/mol. The number of likely N-dealkylation sites (tertiary alicyclic amines) is 1. The minimum Gasteiger partial charge on any atom is -0.363 e. The zero-order chi connectivity index (χ0) is 36.9. The lowest BCUT2D eigenvalue weighted by molar-refractivity contribution is -0.145. The summed E-state index contributed by atoms with van der Waals surface area (Å²) in [5.41, 5.74) is 4.08. The number of ketones is 1. The lowest BCUT2D eigenvalue weighted by Crippen LogP contribution is -2.62. The molecule has 1 aromatic rings. The van der Waals surface area contributed by atoms with Gasteiger partial charge in [0.15, 0.2) is 0 Å². The number of sulfonamides is 1. The summed E-state index contributed by atoms with van der Waals surface area (Å²) in [6.45, 7) is 15.8. The van der Waals surface area contributed by atoms with Crippen molar-refractivity contribution in [3.63, 3.8) is 0 Å². The maximum atomic E-state index is 14.4. The molecule has 274 valence electrons. The van der Waals surface area contributed by atoms with Gasteiger partial charge in [-0.15, -0.1) is 11.3 Å². The monoisotopic (exact) mass is 722 g/mol. The van der Waals surface area contributed by atoms with Crippen molar-refractivity contribution >= 4 is 50.9 Å². The van der Waals surface area contributed by atoms with Gasteiger partial charge in [-0.3, -0.25) is 19.2 Å². The first-order valence-electron chi connectivity index (χ1n) is 17.0. The second kappa shape index (κ2) is 13.9. The van der Waals surface area contributed by atoms with Gasteiger partial charge in [0.1, 0.15) is 22.3 Å². The number of nitrogens with zero attached hydrogens (tertiary/aromatic N) is 2. The molecule has 0 radical (unpaired) electrons. The number of primary amides is 1. The second-order valence-corrected chi connectivity index (χ2v) is 20.1. The first-order valence-corrected chi connectivity index (χ1v) is 19.3. The summed E-state index contributed by atoms with van der Waals surface area (Å²) in [4.78, 5) is 68.0. The highest BCUT2D eigenvalue weighted by Gasteiger charge is 2.70. The average Bonchev–Trinajstić information content (AvgIpc) is 3.39. The van der Waals surface area contributed by atoms with Crippen molar-refractivity contribution < 1.29 is 32.4 Å². The number of thiophene rings is 1. The van der Waals surface area contributed by atoms with Crippen LogP contribution < -0.4 is 21.7 Å². The summed E-state index contributed by atoms with van der Waals surface area (Å²) in [6, 6.07) is -0.987. The third kappa shape index (κ3) is 8.47. The lowest BCUT2D eigenvalue weighted by Gasteiger charge is -2.39. The van der Waals surface area contributed by atoms with Gasteiger partial charge in [0.05, 0.1) is 0 Å². The van der Waals surface area contributed by atoms with E-state index in [0.717, 1.165) is 17.8 Å². The summed E-state index contributed by atoms with van der Waals surface area (Å²) in [5.74, 6) is -3.19. The first-order chi connectivity index (χ1) is 22.5. The van der Waals surface area contributed by atoms with Crippen LogP contribution >= 0.6 is 11.3 Å².